The maximum absolute atomic E-state index is 5.25. The van der Waals surface area contributed by atoms with E-state index in [1.165, 1.54) is 32.1 Å². The van der Waals surface area contributed by atoms with Gasteiger partial charge in [-0.15, -0.1) is 0 Å². The molecule has 0 aromatic carbocycles. The highest BCUT2D eigenvalue weighted by Crippen LogP contribution is 2.17. The molecule has 0 aliphatic heterocycles. The fourth-order valence-electron chi connectivity index (χ4n) is 2.04. The Hall–Kier alpha value is -1.10. The zero-order chi connectivity index (χ0) is 11.2. The highest BCUT2D eigenvalue weighted by atomic mass is 32.1. The van der Waals surface area contributed by atoms with Crippen LogP contribution in [0.4, 0.5) is 0 Å². The number of H-pyrrole nitrogens is 1. The number of hydrogen-bond acceptors (Lipinski definition) is 2. The van der Waals surface area contributed by atoms with E-state index in [2.05, 4.69) is 20.8 Å². The highest BCUT2D eigenvalue weighted by molar-refractivity contribution is 7.80. The SMILES string of the molecule is S=C(NCc1ccn[nH]1)NC1CCCCC1. The molecule has 1 aliphatic rings. The van der Waals surface area contributed by atoms with Crippen LogP contribution in [0, 0.1) is 0 Å². The zero-order valence-electron chi connectivity index (χ0n) is 9.33. The van der Waals surface area contributed by atoms with E-state index in [4.69, 9.17) is 12.2 Å². The summed E-state index contributed by atoms with van der Waals surface area (Å²) >= 11 is 5.25. The van der Waals surface area contributed by atoms with E-state index in [9.17, 15) is 0 Å². The fraction of sp³-hybridized carbons (Fsp3) is 0.636. The van der Waals surface area contributed by atoms with Crippen LogP contribution in [0.25, 0.3) is 0 Å². The standard InChI is InChI=1S/C11H18N4S/c16-11(12-8-10-6-7-13-15-10)14-9-4-2-1-3-5-9/h6-7,9H,1-5,8H2,(H,13,15)(H2,12,14,16). The maximum atomic E-state index is 5.25. The quantitative estimate of drug-likeness (QED) is 0.702. The van der Waals surface area contributed by atoms with Gasteiger partial charge in [0.15, 0.2) is 5.11 Å². The molecule has 0 amide bonds. The molecule has 1 fully saturated rings. The van der Waals surface area contributed by atoms with Crippen LogP contribution in [-0.4, -0.2) is 21.4 Å². The predicted molar refractivity (Wildman–Crippen MR) is 68.0 cm³/mol. The zero-order valence-corrected chi connectivity index (χ0v) is 10.1. The number of nitrogens with zero attached hydrogens (tertiary/aromatic N) is 1. The van der Waals surface area contributed by atoms with Gasteiger partial charge in [-0.1, -0.05) is 19.3 Å². The summed E-state index contributed by atoms with van der Waals surface area (Å²) in [7, 11) is 0. The van der Waals surface area contributed by atoms with Crippen LogP contribution in [0.5, 0.6) is 0 Å². The fourth-order valence-corrected chi connectivity index (χ4v) is 2.28. The number of nitrogens with one attached hydrogen (secondary N) is 3. The molecule has 0 bridgehead atoms. The molecule has 0 atom stereocenters. The average Bonchev–Trinajstić information content (AvgIpc) is 2.81. The van der Waals surface area contributed by atoms with Crippen molar-refractivity contribution in [2.24, 2.45) is 0 Å². The topological polar surface area (TPSA) is 52.7 Å². The molecule has 4 nitrogen and oxygen atoms in total. The summed E-state index contributed by atoms with van der Waals surface area (Å²) in [6.45, 7) is 0.707. The molecule has 16 heavy (non-hydrogen) atoms. The lowest BCUT2D eigenvalue weighted by Crippen LogP contribution is -2.42. The monoisotopic (exact) mass is 238 g/mol. The number of thiocarbonyl (C=S) groups is 1. The molecule has 0 radical (unpaired) electrons. The van der Waals surface area contributed by atoms with Gasteiger partial charge in [0.25, 0.3) is 0 Å². The summed E-state index contributed by atoms with van der Waals surface area (Å²) in [5, 5.41) is 14.1. The Bertz CT molecular complexity index is 317. The Labute approximate surface area is 101 Å². The minimum Gasteiger partial charge on any atom is -0.360 e. The molecule has 0 saturated heterocycles. The Kier molecular flexibility index (Phi) is 4.16. The first-order valence-electron chi connectivity index (χ1n) is 5.87. The number of rotatable bonds is 3. The lowest BCUT2D eigenvalue weighted by Gasteiger charge is -2.24. The predicted octanol–water partition coefficient (Wildman–Crippen LogP) is 1.71. The van der Waals surface area contributed by atoms with Crippen molar-refractivity contribution < 1.29 is 0 Å². The van der Waals surface area contributed by atoms with Crippen LogP contribution < -0.4 is 10.6 Å². The smallest absolute Gasteiger partial charge is 0.166 e. The number of aromatic amines is 1. The maximum Gasteiger partial charge on any atom is 0.166 e. The number of aromatic nitrogens is 2. The van der Waals surface area contributed by atoms with Crippen molar-refractivity contribution in [3.63, 3.8) is 0 Å². The molecule has 1 saturated carbocycles. The molecule has 2 rings (SSSR count). The third kappa shape index (κ3) is 3.48. The molecule has 1 aromatic heterocycles. The molecule has 5 heteroatoms. The van der Waals surface area contributed by atoms with E-state index in [1.807, 2.05) is 6.07 Å². The van der Waals surface area contributed by atoms with E-state index >= 15 is 0 Å². The minimum absolute atomic E-state index is 0.565. The van der Waals surface area contributed by atoms with Crippen molar-refractivity contribution in [2.45, 2.75) is 44.7 Å². The average molecular weight is 238 g/mol. The second-order valence-electron chi connectivity index (χ2n) is 4.24. The first-order chi connectivity index (χ1) is 7.84. The largest absolute Gasteiger partial charge is 0.360 e. The van der Waals surface area contributed by atoms with Gasteiger partial charge in [-0.3, -0.25) is 5.10 Å². The van der Waals surface area contributed by atoms with Crippen LogP contribution in [0.15, 0.2) is 12.3 Å². The second-order valence-corrected chi connectivity index (χ2v) is 4.65. The van der Waals surface area contributed by atoms with Crippen molar-refractivity contribution in [3.05, 3.63) is 18.0 Å². The summed E-state index contributed by atoms with van der Waals surface area (Å²) in [5.41, 5.74) is 1.05. The summed E-state index contributed by atoms with van der Waals surface area (Å²) in [6.07, 6.45) is 8.24. The third-order valence-electron chi connectivity index (χ3n) is 2.94. The van der Waals surface area contributed by atoms with Crippen LogP contribution in [0.1, 0.15) is 37.8 Å². The van der Waals surface area contributed by atoms with Gasteiger partial charge in [0.2, 0.25) is 0 Å². The lowest BCUT2D eigenvalue weighted by molar-refractivity contribution is 0.412. The normalized spacial score (nSPS) is 17.0. The molecule has 3 N–H and O–H groups in total. The van der Waals surface area contributed by atoms with Gasteiger partial charge in [0.1, 0.15) is 0 Å². The summed E-state index contributed by atoms with van der Waals surface area (Å²) < 4.78 is 0. The molecule has 0 spiro atoms. The molecular formula is C11H18N4S. The van der Waals surface area contributed by atoms with E-state index in [1.54, 1.807) is 6.20 Å². The van der Waals surface area contributed by atoms with Gasteiger partial charge in [0, 0.05) is 12.2 Å². The van der Waals surface area contributed by atoms with Crippen LogP contribution >= 0.6 is 12.2 Å². The van der Waals surface area contributed by atoms with Crippen molar-refractivity contribution in [2.75, 3.05) is 0 Å². The lowest BCUT2D eigenvalue weighted by atomic mass is 9.96. The summed E-state index contributed by atoms with van der Waals surface area (Å²) in [5.74, 6) is 0. The molecule has 1 aromatic rings. The Morgan fingerprint density at radius 2 is 2.25 bits per heavy atom. The van der Waals surface area contributed by atoms with Crippen molar-refractivity contribution in [1.29, 1.82) is 0 Å². The van der Waals surface area contributed by atoms with Gasteiger partial charge in [0.05, 0.1) is 12.2 Å². The minimum atomic E-state index is 0.565. The summed E-state index contributed by atoms with van der Waals surface area (Å²) in [6, 6.07) is 2.51. The second kappa shape index (κ2) is 5.84. The van der Waals surface area contributed by atoms with Crippen molar-refractivity contribution in [1.82, 2.24) is 20.8 Å². The molecule has 88 valence electrons. The van der Waals surface area contributed by atoms with Crippen LogP contribution in [-0.2, 0) is 6.54 Å². The number of hydrogen-bond donors (Lipinski definition) is 3. The van der Waals surface area contributed by atoms with Crippen molar-refractivity contribution >= 4 is 17.3 Å². The van der Waals surface area contributed by atoms with Gasteiger partial charge >= 0.3 is 0 Å². The first-order valence-corrected chi connectivity index (χ1v) is 6.28. The van der Waals surface area contributed by atoms with Gasteiger partial charge < -0.3 is 10.6 Å². The van der Waals surface area contributed by atoms with E-state index in [0.717, 1.165) is 10.8 Å². The Balaban J connectivity index is 1.67. The molecular weight excluding hydrogens is 220 g/mol. The summed E-state index contributed by atoms with van der Waals surface area (Å²) in [4.78, 5) is 0. The Morgan fingerprint density at radius 1 is 1.44 bits per heavy atom. The van der Waals surface area contributed by atoms with Gasteiger partial charge in [-0.25, -0.2) is 0 Å². The van der Waals surface area contributed by atoms with Gasteiger partial charge in [-0.05, 0) is 31.1 Å². The van der Waals surface area contributed by atoms with E-state index in [0.29, 0.717) is 12.6 Å². The Morgan fingerprint density at radius 3 is 2.94 bits per heavy atom. The van der Waals surface area contributed by atoms with Gasteiger partial charge in [-0.2, -0.15) is 5.10 Å². The van der Waals surface area contributed by atoms with Crippen molar-refractivity contribution in [3.8, 4) is 0 Å². The van der Waals surface area contributed by atoms with E-state index < -0.39 is 0 Å². The molecule has 1 heterocycles. The third-order valence-corrected chi connectivity index (χ3v) is 3.20. The van der Waals surface area contributed by atoms with Crippen LogP contribution in [0.2, 0.25) is 0 Å². The van der Waals surface area contributed by atoms with E-state index in [-0.39, 0.29) is 0 Å². The first kappa shape index (κ1) is 11.4. The molecule has 1 aliphatic carbocycles. The van der Waals surface area contributed by atoms with Crippen LogP contribution in [0.3, 0.4) is 0 Å². The molecule has 0 unspecified atom stereocenters. The highest BCUT2D eigenvalue weighted by Gasteiger charge is 2.13.